The van der Waals surface area contributed by atoms with Gasteiger partial charge >= 0.3 is 5.97 Å². The number of amides is 1. The summed E-state index contributed by atoms with van der Waals surface area (Å²) in [5, 5.41) is 22.0. The van der Waals surface area contributed by atoms with E-state index in [9.17, 15) is 19.7 Å². The second kappa shape index (κ2) is 8.76. The van der Waals surface area contributed by atoms with Crippen LogP contribution >= 0.6 is 0 Å². The molecule has 0 bridgehead atoms. The van der Waals surface area contributed by atoms with Crippen molar-refractivity contribution in [1.29, 1.82) is 0 Å². The first-order chi connectivity index (χ1) is 10.4. The van der Waals surface area contributed by atoms with Gasteiger partial charge in [-0.25, -0.2) is 0 Å². The Morgan fingerprint density at radius 2 is 1.86 bits per heavy atom. The van der Waals surface area contributed by atoms with Gasteiger partial charge in [0.05, 0.1) is 4.92 Å². The van der Waals surface area contributed by atoms with Crippen molar-refractivity contribution in [1.82, 2.24) is 5.32 Å². The highest BCUT2D eigenvalue weighted by Gasteiger charge is 2.12. The Kier molecular flexibility index (Phi) is 7.01. The zero-order chi connectivity index (χ0) is 16.5. The Morgan fingerprint density at radius 1 is 1.18 bits per heavy atom. The number of aryl methyl sites for hydroxylation is 1. The van der Waals surface area contributed by atoms with E-state index in [1.165, 1.54) is 12.1 Å². The van der Waals surface area contributed by atoms with Gasteiger partial charge in [0, 0.05) is 30.7 Å². The number of carboxylic acids is 1. The van der Waals surface area contributed by atoms with Crippen LogP contribution in [-0.2, 0) is 4.79 Å². The molecule has 0 aliphatic heterocycles. The number of hydrogen-bond acceptors (Lipinski definition) is 4. The van der Waals surface area contributed by atoms with Crippen LogP contribution in [0.5, 0.6) is 0 Å². The molecule has 0 heterocycles. The molecule has 0 atom stereocenters. The number of aliphatic carboxylic acids is 1. The molecule has 1 aromatic rings. The third-order valence-corrected chi connectivity index (χ3v) is 3.14. The molecule has 0 fully saturated rings. The first kappa shape index (κ1) is 17.6. The van der Waals surface area contributed by atoms with Crippen LogP contribution in [0.15, 0.2) is 18.2 Å². The summed E-state index contributed by atoms with van der Waals surface area (Å²) in [6.07, 6.45) is 3.19. The van der Waals surface area contributed by atoms with Crippen LogP contribution in [0, 0.1) is 17.0 Å². The molecular weight excluding hydrogens is 288 g/mol. The number of non-ortho nitro benzene ring substituents is 1. The third-order valence-electron chi connectivity index (χ3n) is 3.14. The summed E-state index contributed by atoms with van der Waals surface area (Å²) in [7, 11) is 0. The topological polar surface area (TPSA) is 110 Å². The van der Waals surface area contributed by atoms with E-state index >= 15 is 0 Å². The minimum absolute atomic E-state index is 0.0983. The fourth-order valence-corrected chi connectivity index (χ4v) is 2.06. The Balaban J connectivity index is 2.37. The molecule has 0 unspecified atom stereocenters. The number of hydrogen-bond donors (Lipinski definition) is 2. The minimum Gasteiger partial charge on any atom is -0.481 e. The number of nitrogens with one attached hydrogen (secondary N) is 1. The number of carbonyl (C=O) groups is 2. The highest BCUT2D eigenvalue weighted by Crippen LogP contribution is 2.16. The largest absolute Gasteiger partial charge is 0.481 e. The fraction of sp³-hybridized carbons (Fsp3) is 0.467. The Morgan fingerprint density at radius 3 is 2.50 bits per heavy atom. The van der Waals surface area contributed by atoms with Gasteiger partial charge in [-0.3, -0.25) is 19.7 Å². The highest BCUT2D eigenvalue weighted by molar-refractivity contribution is 5.95. The lowest BCUT2D eigenvalue weighted by Crippen LogP contribution is -2.24. The van der Waals surface area contributed by atoms with Gasteiger partial charge in [0.25, 0.3) is 11.6 Å². The van der Waals surface area contributed by atoms with E-state index in [1.54, 1.807) is 13.0 Å². The number of nitro benzene ring substituents is 1. The molecule has 0 saturated carbocycles. The fourth-order valence-electron chi connectivity index (χ4n) is 2.06. The van der Waals surface area contributed by atoms with Gasteiger partial charge in [-0.1, -0.05) is 12.8 Å². The van der Waals surface area contributed by atoms with Gasteiger partial charge in [-0.05, 0) is 31.4 Å². The second-order valence-corrected chi connectivity index (χ2v) is 5.13. The molecule has 0 spiro atoms. The van der Waals surface area contributed by atoms with Gasteiger partial charge in [0.2, 0.25) is 0 Å². The first-order valence-electron chi connectivity index (χ1n) is 7.16. The summed E-state index contributed by atoms with van der Waals surface area (Å²) in [5.74, 6) is -1.13. The van der Waals surface area contributed by atoms with Crippen LogP contribution in [0.4, 0.5) is 5.69 Å². The lowest BCUT2D eigenvalue weighted by Gasteiger charge is -2.06. The Hall–Kier alpha value is -2.44. The number of carbonyl (C=O) groups excluding carboxylic acids is 1. The SMILES string of the molecule is Cc1cc(C(=O)NCCCCCCC(=O)O)cc([N+](=O)[O-])c1. The maximum atomic E-state index is 11.9. The molecule has 22 heavy (non-hydrogen) atoms. The van der Waals surface area contributed by atoms with E-state index in [1.807, 2.05) is 0 Å². The molecule has 7 nitrogen and oxygen atoms in total. The summed E-state index contributed by atoms with van der Waals surface area (Å²) in [5.41, 5.74) is 0.837. The average Bonchev–Trinajstić information content (AvgIpc) is 2.45. The molecule has 7 heteroatoms. The Labute approximate surface area is 128 Å². The van der Waals surface area contributed by atoms with Gasteiger partial charge in [0.15, 0.2) is 0 Å². The van der Waals surface area contributed by atoms with Crippen molar-refractivity contribution >= 4 is 17.6 Å². The zero-order valence-corrected chi connectivity index (χ0v) is 12.5. The standard InChI is InChI=1S/C15H20N2O5/c1-11-8-12(10-13(9-11)17(21)22)15(20)16-7-5-3-2-4-6-14(18)19/h8-10H,2-7H2,1H3,(H,16,20)(H,18,19). The zero-order valence-electron chi connectivity index (χ0n) is 12.5. The highest BCUT2D eigenvalue weighted by atomic mass is 16.6. The normalized spacial score (nSPS) is 10.2. The van der Waals surface area contributed by atoms with Crippen LogP contribution in [0.25, 0.3) is 0 Å². The van der Waals surface area contributed by atoms with Crippen molar-refractivity contribution in [2.24, 2.45) is 0 Å². The minimum atomic E-state index is -0.797. The van der Waals surface area contributed by atoms with E-state index in [0.29, 0.717) is 18.5 Å². The molecule has 120 valence electrons. The molecule has 2 N–H and O–H groups in total. The van der Waals surface area contributed by atoms with Crippen LogP contribution in [-0.4, -0.2) is 28.5 Å². The molecule has 1 rings (SSSR count). The smallest absolute Gasteiger partial charge is 0.303 e. The molecule has 1 aromatic carbocycles. The molecule has 1 amide bonds. The average molecular weight is 308 g/mol. The van der Waals surface area contributed by atoms with Crippen LogP contribution in [0.3, 0.4) is 0 Å². The van der Waals surface area contributed by atoms with Crippen molar-refractivity contribution in [3.05, 3.63) is 39.4 Å². The van der Waals surface area contributed by atoms with Crippen molar-refractivity contribution in [3.63, 3.8) is 0 Å². The quantitative estimate of drug-likeness (QED) is 0.414. The van der Waals surface area contributed by atoms with Gasteiger partial charge in [-0.2, -0.15) is 0 Å². The van der Waals surface area contributed by atoms with Gasteiger partial charge < -0.3 is 10.4 Å². The molecule has 0 aliphatic rings. The van der Waals surface area contributed by atoms with Crippen molar-refractivity contribution < 1.29 is 19.6 Å². The van der Waals surface area contributed by atoms with E-state index in [4.69, 9.17) is 5.11 Å². The van der Waals surface area contributed by atoms with Gasteiger partial charge in [0.1, 0.15) is 0 Å². The lowest BCUT2D eigenvalue weighted by atomic mass is 10.1. The summed E-state index contributed by atoms with van der Waals surface area (Å²) >= 11 is 0. The first-order valence-corrected chi connectivity index (χ1v) is 7.16. The van der Waals surface area contributed by atoms with Crippen LogP contribution in [0.1, 0.15) is 48.0 Å². The maximum Gasteiger partial charge on any atom is 0.303 e. The summed E-state index contributed by atoms with van der Waals surface area (Å²) < 4.78 is 0. The molecule has 0 radical (unpaired) electrons. The van der Waals surface area contributed by atoms with Crippen molar-refractivity contribution in [2.75, 3.05) is 6.54 Å². The van der Waals surface area contributed by atoms with E-state index in [0.717, 1.165) is 19.3 Å². The number of unbranched alkanes of at least 4 members (excludes halogenated alkanes) is 3. The number of rotatable bonds is 9. The molecular formula is C15H20N2O5. The van der Waals surface area contributed by atoms with E-state index in [-0.39, 0.29) is 23.6 Å². The second-order valence-electron chi connectivity index (χ2n) is 5.13. The summed E-state index contributed by atoms with van der Waals surface area (Å²) in [4.78, 5) is 32.5. The molecule has 0 aromatic heterocycles. The summed E-state index contributed by atoms with van der Waals surface area (Å²) in [6, 6.07) is 4.28. The summed E-state index contributed by atoms with van der Waals surface area (Å²) in [6.45, 7) is 2.17. The lowest BCUT2D eigenvalue weighted by molar-refractivity contribution is -0.384. The number of nitro groups is 1. The van der Waals surface area contributed by atoms with Crippen molar-refractivity contribution in [3.8, 4) is 0 Å². The molecule has 0 aliphatic carbocycles. The predicted octanol–water partition coefficient (Wildman–Crippen LogP) is 2.67. The number of carboxylic acid groups (broad SMARTS) is 1. The van der Waals surface area contributed by atoms with Gasteiger partial charge in [-0.15, -0.1) is 0 Å². The Bertz CT molecular complexity index is 557. The van der Waals surface area contributed by atoms with Crippen LogP contribution in [0.2, 0.25) is 0 Å². The third kappa shape index (κ3) is 6.34. The number of nitrogens with zero attached hydrogens (tertiary/aromatic N) is 1. The van der Waals surface area contributed by atoms with E-state index < -0.39 is 10.9 Å². The molecule has 0 saturated heterocycles. The maximum absolute atomic E-state index is 11.9. The van der Waals surface area contributed by atoms with E-state index in [2.05, 4.69) is 5.32 Å². The monoisotopic (exact) mass is 308 g/mol. The number of benzene rings is 1. The van der Waals surface area contributed by atoms with Crippen molar-refractivity contribution in [2.45, 2.75) is 39.0 Å². The van der Waals surface area contributed by atoms with Crippen LogP contribution < -0.4 is 5.32 Å². The predicted molar refractivity (Wildman–Crippen MR) is 80.9 cm³/mol.